The molecule has 0 aromatic heterocycles. The average Bonchev–Trinajstić information content (AvgIpc) is 3.24. The molecule has 2 amide bonds. The molecule has 130 valence electrons. The van der Waals surface area contributed by atoms with Crippen molar-refractivity contribution in [3.05, 3.63) is 29.8 Å². The minimum absolute atomic E-state index is 0.0330. The minimum atomic E-state index is -0.0734. The number of benzene rings is 1. The van der Waals surface area contributed by atoms with Crippen molar-refractivity contribution in [3.63, 3.8) is 0 Å². The molecule has 24 heavy (non-hydrogen) atoms. The van der Waals surface area contributed by atoms with Crippen LogP contribution in [0.1, 0.15) is 49.9 Å². The van der Waals surface area contributed by atoms with E-state index in [1.54, 1.807) is 4.90 Å². The van der Waals surface area contributed by atoms with E-state index in [-0.39, 0.29) is 17.4 Å². The second-order valence-electron chi connectivity index (χ2n) is 7.39. The zero-order valence-corrected chi connectivity index (χ0v) is 14.7. The van der Waals surface area contributed by atoms with Crippen molar-refractivity contribution in [1.29, 1.82) is 0 Å². The number of carbonyl (C=O) groups is 2. The first-order valence-corrected chi connectivity index (χ1v) is 8.91. The Morgan fingerprint density at radius 2 is 1.92 bits per heavy atom. The maximum Gasteiger partial charge on any atom is 0.251 e. The summed E-state index contributed by atoms with van der Waals surface area (Å²) in [7, 11) is 0. The Bertz CT molecular complexity index is 621. The standard InChI is InChI=1S/C19H27N3O2/c1-19(2,21-10-3-4-11-21)14-20-18(24)15-7-5-8-16(13-15)22-12-6-9-17(22)23/h5,7-8,13H,3-4,6,9-12,14H2,1-2H3,(H,20,24). The SMILES string of the molecule is CC(C)(CNC(=O)c1cccc(N2CCCC2=O)c1)N1CCCC1. The van der Waals surface area contributed by atoms with Gasteiger partial charge >= 0.3 is 0 Å². The Balaban J connectivity index is 1.63. The van der Waals surface area contributed by atoms with Crippen molar-refractivity contribution >= 4 is 17.5 Å². The third-order valence-electron chi connectivity index (χ3n) is 5.14. The molecule has 2 heterocycles. The van der Waals surface area contributed by atoms with Gasteiger partial charge in [-0.15, -0.1) is 0 Å². The molecule has 2 fully saturated rings. The molecule has 0 aliphatic carbocycles. The van der Waals surface area contributed by atoms with Gasteiger partial charge in [-0.25, -0.2) is 0 Å². The second kappa shape index (κ2) is 6.93. The van der Waals surface area contributed by atoms with Crippen molar-refractivity contribution in [3.8, 4) is 0 Å². The van der Waals surface area contributed by atoms with Gasteiger partial charge in [0.1, 0.15) is 0 Å². The van der Waals surface area contributed by atoms with E-state index in [9.17, 15) is 9.59 Å². The fourth-order valence-electron chi connectivity index (χ4n) is 3.57. The molecule has 5 heteroatoms. The summed E-state index contributed by atoms with van der Waals surface area (Å²) < 4.78 is 0. The van der Waals surface area contributed by atoms with Gasteiger partial charge < -0.3 is 10.2 Å². The number of anilines is 1. The number of carbonyl (C=O) groups excluding carboxylic acids is 2. The van der Waals surface area contributed by atoms with Crippen LogP contribution < -0.4 is 10.2 Å². The monoisotopic (exact) mass is 329 g/mol. The zero-order valence-electron chi connectivity index (χ0n) is 14.7. The van der Waals surface area contributed by atoms with Gasteiger partial charge in [0, 0.05) is 36.3 Å². The van der Waals surface area contributed by atoms with Gasteiger partial charge in [0.15, 0.2) is 0 Å². The third kappa shape index (κ3) is 3.61. The predicted molar refractivity (Wildman–Crippen MR) is 95.2 cm³/mol. The van der Waals surface area contributed by atoms with E-state index in [1.165, 1.54) is 12.8 Å². The van der Waals surface area contributed by atoms with Crippen molar-refractivity contribution in [1.82, 2.24) is 10.2 Å². The van der Waals surface area contributed by atoms with Gasteiger partial charge in [-0.05, 0) is 64.4 Å². The van der Waals surface area contributed by atoms with Crippen molar-refractivity contribution in [2.24, 2.45) is 0 Å². The second-order valence-corrected chi connectivity index (χ2v) is 7.39. The van der Waals surface area contributed by atoms with Gasteiger partial charge in [-0.3, -0.25) is 14.5 Å². The molecular formula is C19H27N3O2. The van der Waals surface area contributed by atoms with Crippen molar-refractivity contribution in [2.75, 3.05) is 31.1 Å². The highest BCUT2D eigenvalue weighted by molar-refractivity contribution is 5.99. The smallest absolute Gasteiger partial charge is 0.251 e. The predicted octanol–water partition coefficient (Wildman–Crippen LogP) is 2.42. The first-order valence-electron chi connectivity index (χ1n) is 8.91. The van der Waals surface area contributed by atoms with E-state index < -0.39 is 0 Å². The van der Waals surface area contributed by atoms with Gasteiger partial charge in [-0.1, -0.05) is 6.07 Å². The molecule has 0 spiro atoms. The largest absolute Gasteiger partial charge is 0.350 e. The summed E-state index contributed by atoms with van der Waals surface area (Å²) >= 11 is 0. The number of nitrogens with one attached hydrogen (secondary N) is 1. The summed E-state index contributed by atoms with van der Waals surface area (Å²) in [5, 5.41) is 3.06. The van der Waals surface area contributed by atoms with Gasteiger partial charge in [0.25, 0.3) is 5.91 Å². The lowest BCUT2D eigenvalue weighted by Crippen LogP contribution is -2.50. The van der Waals surface area contributed by atoms with Crippen molar-refractivity contribution in [2.45, 2.75) is 45.1 Å². The number of amides is 2. The molecule has 2 aliphatic rings. The molecule has 3 rings (SSSR count). The average molecular weight is 329 g/mol. The number of nitrogens with zero attached hydrogens (tertiary/aromatic N) is 2. The Hall–Kier alpha value is -1.88. The number of hydrogen-bond donors (Lipinski definition) is 1. The fourth-order valence-corrected chi connectivity index (χ4v) is 3.57. The van der Waals surface area contributed by atoms with Crippen LogP contribution in [0.3, 0.4) is 0 Å². The van der Waals surface area contributed by atoms with E-state index >= 15 is 0 Å². The summed E-state index contributed by atoms with van der Waals surface area (Å²) in [6.45, 7) is 7.94. The fraction of sp³-hybridized carbons (Fsp3) is 0.579. The Labute approximate surface area is 144 Å². The van der Waals surface area contributed by atoms with E-state index in [4.69, 9.17) is 0 Å². The highest BCUT2D eigenvalue weighted by Crippen LogP contribution is 2.23. The molecular weight excluding hydrogens is 302 g/mol. The molecule has 5 nitrogen and oxygen atoms in total. The molecule has 0 unspecified atom stereocenters. The van der Waals surface area contributed by atoms with E-state index in [0.29, 0.717) is 18.5 Å². The molecule has 1 aromatic rings. The normalized spacial score (nSPS) is 19.1. The summed E-state index contributed by atoms with van der Waals surface area (Å²) in [6.07, 6.45) is 3.96. The summed E-state index contributed by atoms with van der Waals surface area (Å²) in [5.41, 5.74) is 1.41. The molecule has 1 aromatic carbocycles. The molecule has 2 aliphatic heterocycles. The van der Waals surface area contributed by atoms with Crippen LogP contribution in [0.25, 0.3) is 0 Å². The molecule has 0 saturated carbocycles. The van der Waals surface area contributed by atoms with Crippen molar-refractivity contribution < 1.29 is 9.59 Å². The Morgan fingerprint density at radius 1 is 1.17 bits per heavy atom. The number of rotatable bonds is 5. The highest BCUT2D eigenvalue weighted by Gasteiger charge is 2.29. The molecule has 0 radical (unpaired) electrons. The van der Waals surface area contributed by atoms with Crippen LogP contribution in [0.4, 0.5) is 5.69 Å². The molecule has 2 saturated heterocycles. The molecule has 0 atom stereocenters. The third-order valence-corrected chi connectivity index (χ3v) is 5.14. The number of hydrogen-bond acceptors (Lipinski definition) is 3. The van der Waals surface area contributed by atoms with Gasteiger partial charge in [0.05, 0.1) is 0 Å². The Morgan fingerprint density at radius 3 is 2.58 bits per heavy atom. The van der Waals surface area contributed by atoms with Gasteiger partial charge in [-0.2, -0.15) is 0 Å². The van der Waals surface area contributed by atoms with E-state index in [0.717, 1.165) is 31.7 Å². The number of likely N-dealkylation sites (tertiary alicyclic amines) is 1. The van der Waals surface area contributed by atoms with Crippen LogP contribution in [0.5, 0.6) is 0 Å². The topological polar surface area (TPSA) is 52.7 Å². The van der Waals surface area contributed by atoms with Crippen LogP contribution in [0.15, 0.2) is 24.3 Å². The lowest BCUT2D eigenvalue weighted by atomic mass is 10.0. The van der Waals surface area contributed by atoms with E-state index in [1.807, 2.05) is 24.3 Å². The Kier molecular flexibility index (Phi) is 4.90. The van der Waals surface area contributed by atoms with Gasteiger partial charge in [0.2, 0.25) is 5.91 Å². The molecule has 1 N–H and O–H groups in total. The zero-order chi connectivity index (χ0) is 17.2. The lowest BCUT2D eigenvalue weighted by Gasteiger charge is -2.35. The summed E-state index contributed by atoms with van der Waals surface area (Å²) in [6, 6.07) is 7.37. The van der Waals surface area contributed by atoms with Crippen LogP contribution >= 0.6 is 0 Å². The van der Waals surface area contributed by atoms with Crippen LogP contribution in [0, 0.1) is 0 Å². The first kappa shape index (κ1) is 17.0. The van der Waals surface area contributed by atoms with Crippen LogP contribution in [-0.2, 0) is 4.79 Å². The first-order chi connectivity index (χ1) is 11.5. The van der Waals surface area contributed by atoms with Crippen LogP contribution in [0.2, 0.25) is 0 Å². The quantitative estimate of drug-likeness (QED) is 0.902. The summed E-state index contributed by atoms with van der Waals surface area (Å²) in [4.78, 5) is 28.6. The highest BCUT2D eigenvalue weighted by atomic mass is 16.2. The van der Waals surface area contributed by atoms with E-state index in [2.05, 4.69) is 24.1 Å². The summed E-state index contributed by atoms with van der Waals surface area (Å²) in [5.74, 6) is 0.0680. The minimum Gasteiger partial charge on any atom is -0.350 e. The van der Waals surface area contributed by atoms with Crippen LogP contribution in [-0.4, -0.2) is 48.4 Å². The maximum absolute atomic E-state index is 12.5. The molecule has 0 bridgehead atoms. The lowest BCUT2D eigenvalue weighted by molar-refractivity contribution is -0.117. The maximum atomic E-state index is 12.5.